The van der Waals surface area contributed by atoms with Crippen LogP contribution in [0.25, 0.3) is 0 Å². The molecule has 2 nitrogen and oxygen atoms in total. The predicted molar refractivity (Wildman–Crippen MR) is 67.7 cm³/mol. The fourth-order valence-electron chi connectivity index (χ4n) is 1.79. The number of halogens is 3. The molecule has 2 aromatic rings. The van der Waals surface area contributed by atoms with Gasteiger partial charge in [-0.3, -0.25) is 4.98 Å². The second kappa shape index (κ2) is 5.30. The number of anilines is 1. The Kier molecular flexibility index (Phi) is 3.74. The van der Waals surface area contributed by atoms with Crippen molar-refractivity contribution in [3.05, 3.63) is 59.4 Å². The van der Waals surface area contributed by atoms with E-state index in [9.17, 15) is 13.2 Å². The molecule has 0 unspecified atom stereocenters. The molecule has 0 bridgehead atoms. The number of hydrogen-bond acceptors (Lipinski definition) is 2. The van der Waals surface area contributed by atoms with Crippen LogP contribution in [0.1, 0.15) is 16.7 Å². The Morgan fingerprint density at radius 1 is 1.16 bits per heavy atom. The largest absolute Gasteiger partial charge is 0.416 e. The number of hydrogen-bond donors (Lipinski definition) is 1. The molecule has 1 aromatic heterocycles. The number of nitrogens with one attached hydrogen (secondary N) is 1. The molecule has 1 aromatic carbocycles. The van der Waals surface area contributed by atoms with Crippen molar-refractivity contribution in [1.82, 2.24) is 4.98 Å². The maximum Gasteiger partial charge on any atom is 0.416 e. The van der Waals surface area contributed by atoms with Gasteiger partial charge in [-0.25, -0.2) is 0 Å². The zero-order valence-corrected chi connectivity index (χ0v) is 10.3. The minimum Gasteiger partial charge on any atom is -0.379 e. The summed E-state index contributed by atoms with van der Waals surface area (Å²) in [4.78, 5) is 3.94. The molecule has 100 valence electrons. The van der Waals surface area contributed by atoms with Crippen molar-refractivity contribution in [2.24, 2.45) is 0 Å². The molecule has 2 rings (SSSR count). The van der Waals surface area contributed by atoms with Gasteiger partial charge in [-0.15, -0.1) is 0 Å². The molecule has 0 atom stereocenters. The van der Waals surface area contributed by atoms with Crippen molar-refractivity contribution in [2.45, 2.75) is 19.6 Å². The summed E-state index contributed by atoms with van der Waals surface area (Å²) in [5.74, 6) is 0. The van der Waals surface area contributed by atoms with Crippen molar-refractivity contribution < 1.29 is 13.2 Å². The molecule has 5 heteroatoms. The van der Waals surface area contributed by atoms with Gasteiger partial charge in [-0.1, -0.05) is 18.2 Å². The van der Waals surface area contributed by atoms with Gasteiger partial charge in [0, 0.05) is 12.7 Å². The summed E-state index contributed by atoms with van der Waals surface area (Å²) in [6, 6.07) is 7.36. The van der Waals surface area contributed by atoms with E-state index in [0.717, 1.165) is 17.3 Å². The Morgan fingerprint density at radius 2 is 1.89 bits per heavy atom. The number of benzene rings is 1. The molecule has 0 radical (unpaired) electrons. The van der Waals surface area contributed by atoms with Gasteiger partial charge < -0.3 is 5.32 Å². The highest BCUT2D eigenvalue weighted by molar-refractivity contribution is 5.48. The standard InChI is InChI=1S/C14H13F3N2/c1-10-6-7-18-9-13(10)19-8-11-4-2-3-5-12(11)14(15,16)17/h2-7,9,19H,8H2,1H3. The Bertz CT molecular complexity index is 565. The van der Waals surface area contributed by atoms with Gasteiger partial charge >= 0.3 is 6.18 Å². The molecule has 0 spiro atoms. The van der Waals surface area contributed by atoms with E-state index < -0.39 is 11.7 Å². The second-order valence-corrected chi connectivity index (χ2v) is 4.20. The number of aryl methyl sites for hydroxylation is 1. The van der Waals surface area contributed by atoms with Crippen molar-refractivity contribution in [3.8, 4) is 0 Å². The highest BCUT2D eigenvalue weighted by Crippen LogP contribution is 2.32. The Hall–Kier alpha value is -2.04. The highest BCUT2D eigenvalue weighted by atomic mass is 19.4. The van der Waals surface area contributed by atoms with Crippen LogP contribution in [-0.2, 0) is 12.7 Å². The maximum atomic E-state index is 12.8. The minimum atomic E-state index is -4.33. The van der Waals surface area contributed by atoms with E-state index in [2.05, 4.69) is 10.3 Å². The summed E-state index contributed by atoms with van der Waals surface area (Å²) in [5.41, 5.74) is 1.29. The van der Waals surface area contributed by atoms with Crippen molar-refractivity contribution in [1.29, 1.82) is 0 Å². The third kappa shape index (κ3) is 3.24. The molecule has 0 amide bonds. The maximum absolute atomic E-state index is 12.8. The normalized spacial score (nSPS) is 11.4. The van der Waals surface area contributed by atoms with Gasteiger partial charge in [0.1, 0.15) is 0 Å². The van der Waals surface area contributed by atoms with E-state index in [-0.39, 0.29) is 12.1 Å². The highest BCUT2D eigenvalue weighted by Gasteiger charge is 2.32. The molecule has 0 saturated heterocycles. The summed E-state index contributed by atoms with van der Waals surface area (Å²) in [6.07, 6.45) is -1.09. The van der Waals surface area contributed by atoms with Crippen LogP contribution in [0.4, 0.5) is 18.9 Å². The fourth-order valence-corrected chi connectivity index (χ4v) is 1.79. The van der Waals surface area contributed by atoms with Crippen LogP contribution in [0.5, 0.6) is 0 Å². The molecule has 0 fully saturated rings. The third-order valence-electron chi connectivity index (χ3n) is 2.83. The van der Waals surface area contributed by atoms with E-state index >= 15 is 0 Å². The van der Waals surface area contributed by atoms with Crippen LogP contribution < -0.4 is 5.32 Å². The van der Waals surface area contributed by atoms with Gasteiger partial charge in [0.15, 0.2) is 0 Å². The molecular formula is C14H13F3N2. The average molecular weight is 266 g/mol. The van der Waals surface area contributed by atoms with Gasteiger partial charge in [0.25, 0.3) is 0 Å². The number of alkyl halides is 3. The lowest BCUT2D eigenvalue weighted by Crippen LogP contribution is -2.12. The summed E-state index contributed by atoms with van der Waals surface area (Å²) < 4.78 is 38.4. The average Bonchev–Trinajstić information content (AvgIpc) is 2.37. The summed E-state index contributed by atoms with van der Waals surface area (Å²) in [7, 11) is 0. The fraction of sp³-hybridized carbons (Fsp3) is 0.214. The molecule has 0 aliphatic rings. The summed E-state index contributed by atoms with van der Waals surface area (Å²) >= 11 is 0. The topological polar surface area (TPSA) is 24.9 Å². The third-order valence-corrected chi connectivity index (χ3v) is 2.83. The number of aromatic nitrogens is 1. The first-order valence-corrected chi connectivity index (χ1v) is 5.78. The SMILES string of the molecule is Cc1ccncc1NCc1ccccc1C(F)(F)F. The van der Waals surface area contributed by atoms with Crippen LogP contribution >= 0.6 is 0 Å². The minimum absolute atomic E-state index is 0.113. The van der Waals surface area contributed by atoms with Crippen molar-refractivity contribution in [3.63, 3.8) is 0 Å². The Morgan fingerprint density at radius 3 is 2.58 bits per heavy atom. The molecule has 1 N–H and O–H groups in total. The predicted octanol–water partition coefficient (Wildman–Crippen LogP) is 4.02. The second-order valence-electron chi connectivity index (χ2n) is 4.20. The van der Waals surface area contributed by atoms with E-state index in [1.165, 1.54) is 12.1 Å². The summed E-state index contributed by atoms with van der Waals surface area (Å²) in [6.45, 7) is 1.99. The van der Waals surface area contributed by atoms with Crippen LogP contribution in [0.2, 0.25) is 0 Å². The molecular weight excluding hydrogens is 253 g/mol. The first-order valence-electron chi connectivity index (χ1n) is 5.78. The lowest BCUT2D eigenvalue weighted by molar-refractivity contribution is -0.138. The van der Waals surface area contributed by atoms with Gasteiger partial charge in [-0.05, 0) is 30.2 Å². The molecule has 19 heavy (non-hydrogen) atoms. The molecule has 0 saturated carbocycles. The molecule has 0 aliphatic carbocycles. The van der Waals surface area contributed by atoms with Crippen molar-refractivity contribution >= 4 is 5.69 Å². The van der Waals surface area contributed by atoms with Crippen molar-refractivity contribution in [2.75, 3.05) is 5.32 Å². The van der Waals surface area contributed by atoms with E-state index in [1.54, 1.807) is 24.5 Å². The first kappa shape index (κ1) is 13.4. The monoisotopic (exact) mass is 266 g/mol. The molecule has 0 aliphatic heterocycles. The lowest BCUT2D eigenvalue weighted by atomic mass is 10.1. The van der Waals surface area contributed by atoms with E-state index in [0.29, 0.717) is 0 Å². The van der Waals surface area contributed by atoms with Gasteiger partial charge in [-0.2, -0.15) is 13.2 Å². The quantitative estimate of drug-likeness (QED) is 0.907. The smallest absolute Gasteiger partial charge is 0.379 e. The van der Waals surface area contributed by atoms with Crippen LogP contribution in [0, 0.1) is 6.92 Å². The van der Waals surface area contributed by atoms with Crippen LogP contribution in [0.3, 0.4) is 0 Å². The number of pyridine rings is 1. The first-order chi connectivity index (χ1) is 8.98. The summed E-state index contributed by atoms with van der Waals surface area (Å²) in [5, 5.41) is 2.98. The Balaban J connectivity index is 2.19. The lowest BCUT2D eigenvalue weighted by Gasteiger charge is -2.14. The Labute approximate surface area is 109 Å². The number of nitrogens with zero attached hydrogens (tertiary/aromatic N) is 1. The van der Waals surface area contributed by atoms with Gasteiger partial charge in [0.2, 0.25) is 0 Å². The van der Waals surface area contributed by atoms with Gasteiger partial charge in [0.05, 0.1) is 17.4 Å². The number of rotatable bonds is 3. The van der Waals surface area contributed by atoms with Crippen LogP contribution in [0.15, 0.2) is 42.7 Å². The van der Waals surface area contributed by atoms with Crippen LogP contribution in [-0.4, -0.2) is 4.98 Å². The molecule has 1 heterocycles. The zero-order valence-electron chi connectivity index (χ0n) is 10.3. The van der Waals surface area contributed by atoms with E-state index in [4.69, 9.17) is 0 Å². The zero-order chi connectivity index (χ0) is 13.9. The van der Waals surface area contributed by atoms with E-state index in [1.807, 2.05) is 6.92 Å².